The predicted octanol–water partition coefficient (Wildman–Crippen LogP) is 2.38. The second-order valence-electron chi connectivity index (χ2n) is 5.91. The van der Waals surface area contributed by atoms with Crippen molar-refractivity contribution in [1.82, 2.24) is 10.4 Å². The Bertz CT molecular complexity index is 787. The van der Waals surface area contributed by atoms with Crippen LogP contribution >= 0.6 is 0 Å². The topological polar surface area (TPSA) is 86.7 Å². The molecular formula is C19H18N2O4. The van der Waals surface area contributed by atoms with E-state index in [0.717, 1.165) is 6.42 Å². The summed E-state index contributed by atoms with van der Waals surface area (Å²) in [7, 11) is 0. The summed E-state index contributed by atoms with van der Waals surface area (Å²) in [6, 6.07) is 14.3. The lowest BCUT2D eigenvalue weighted by Gasteiger charge is -2.24. The molecule has 1 amide bonds. The Labute approximate surface area is 145 Å². The third-order valence-corrected chi connectivity index (χ3v) is 4.25. The molecule has 128 valence electrons. The summed E-state index contributed by atoms with van der Waals surface area (Å²) in [6.45, 7) is 0.599. The van der Waals surface area contributed by atoms with E-state index in [-0.39, 0.29) is 23.3 Å². The molecule has 0 spiro atoms. The van der Waals surface area contributed by atoms with E-state index in [1.165, 1.54) is 24.3 Å². The van der Waals surface area contributed by atoms with Gasteiger partial charge in [-0.3, -0.25) is 15.0 Å². The molecule has 2 N–H and O–H groups in total. The molecular weight excluding hydrogens is 320 g/mol. The van der Waals surface area contributed by atoms with Gasteiger partial charge in [0.15, 0.2) is 5.78 Å². The van der Waals surface area contributed by atoms with Gasteiger partial charge in [0, 0.05) is 17.7 Å². The molecule has 3 rings (SSSR count). The lowest BCUT2D eigenvalue weighted by Crippen LogP contribution is -2.48. The summed E-state index contributed by atoms with van der Waals surface area (Å²) in [4.78, 5) is 35.9. The van der Waals surface area contributed by atoms with E-state index in [4.69, 9.17) is 5.11 Å². The number of rotatable bonds is 5. The summed E-state index contributed by atoms with van der Waals surface area (Å²) in [6.07, 6.45) is 1.51. The molecule has 0 bridgehead atoms. The first kappa shape index (κ1) is 16.9. The van der Waals surface area contributed by atoms with E-state index in [9.17, 15) is 14.4 Å². The molecule has 0 aliphatic carbocycles. The zero-order valence-corrected chi connectivity index (χ0v) is 13.5. The van der Waals surface area contributed by atoms with Crippen LogP contribution < -0.4 is 5.43 Å². The number of amides is 1. The highest BCUT2D eigenvalue weighted by Gasteiger charge is 2.32. The highest BCUT2D eigenvalue weighted by molar-refractivity contribution is 6.01. The number of carbonyl (C=O) groups excluding carboxylic acids is 2. The maximum atomic E-state index is 12.6. The van der Waals surface area contributed by atoms with Gasteiger partial charge in [0.05, 0.1) is 11.6 Å². The van der Waals surface area contributed by atoms with Crippen molar-refractivity contribution in [1.29, 1.82) is 0 Å². The number of hydrazine groups is 1. The predicted molar refractivity (Wildman–Crippen MR) is 91.4 cm³/mol. The summed E-state index contributed by atoms with van der Waals surface area (Å²) in [5.74, 6) is -1.41. The Kier molecular flexibility index (Phi) is 4.90. The van der Waals surface area contributed by atoms with E-state index in [1.54, 1.807) is 17.1 Å². The maximum absolute atomic E-state index is 12.6. The zero-order valence-electron chi connectivity index (χ0n) is 13.5. The minimum Gasteiger partial charge on any atom is -0.478 e. The van der Waals surface area contributed by atoms with E-state index in [1.807, 2.05) is 18.2 Å². The minimum absolute atomic E-state index is 0.0142. The van der Waals surface area contributed by atoms with E-state index in [2.05, 4.69) is 5.43 Å². The summed E-state index contributed by atoms with van der Waals surface area (Å²) >= 11 is 0. The molecule has 1 aliphatic heterocycles. The average molecular weight is 338 g/mol. The lowest BCUT2D eigenvalue weighted by atomic mass is 10.0. The second kappa shape index (κ2) is 7.27. The van der Waals surface area contributed by atoms with Crippen molar-refractivity contribution in [2.45, 2.75) is 18.9 Å². The van der Waals surface area contributed by atoms with Crippen LogP contribution in [0.3, 0.4) is 0 Å². The molecule has 0 aromatic heterocycles. The quantitative estimate of drug-likeness (QED) is 0.818. The molecule has 1 saturated heterocycles. The molecule has 2 aromatic carbocycles. The molecule has 1 heterocycles. The SMILES string of the molecule is O=C(O)c1ccc(C(=O)NN2CCC[C@H]2C(=O)c2ccccc2)cc1. The van der Waals surface area contributed by atoms with Crippen LogP contribution in [0.4, 0.5) is 0 Å². The van der Waals surface area contributed by atoms with Crippen molar-refractivity contribution in [3.8, 4) is 0 Å². The minimum atomic E-state index is -1.04. The Morgan fingerprint density at radius 3 is 2.20 bits per heavy atom. The Morgan fingerprint density at radius 1 is 0.920 bits per heavy atom. The normalized spacial score (nSPS) is 17.2. The van der Waals surface area contributed by atoms with Crippen molar-refractivity contribution < 1.29 is 19.5 Å². The molecule has 0 radical (unpaired) electrons. The Morgan fingerprint density at radius 2 is 1.56 bits per heavy atom. The van der Waals surface area contributed by atoms with Gasteiger partial charge in [-0.15, -0.1) is 0 Å². The number of carboxylic acids is 1. The molecule has 2 aromatic rings. The largest absolute Gasteiger partial charge is 0.478 e. The lowest BCUT2D eigenvalue weighted by molar-refractivity contribution is 0.0677. The van der Waals surface area contributed by atoms with Gasteiger partial charge < -0.3 is 5.11 Å². The number of benzene rings is 2. The summed E-state index contributed by atoms with van der Waals surface area (Å²) in [5.41, 5.74) is 3.87. The number of Topliss-reactive ketones (excluding diaryl/α,β-unsaturated/α-hetero) is 1. The van der Waals surface area contributed by atoms with E-state index < -0.39 is 5.97 Å². The third kappa shape index (κ3) is 3.75. The molecule has 1 fully saturated rings. The van der Waals surface area contributed by atoms with Crippen LogP contribution in [0.1, 0.15) is 43.9 Å². The second-order valence-corrected chi connectivity index (χ2v) is 5.91. The van der Waals surface area contributed by atoms with Gasteiger partial charge in [0.2, 0.25) is 0 Å². The number of ketones is 1. The fraction of sp³-hybridized carbons (Fsp3) is 0.211. The monoisotopic (exact) mass is 338 g/mol. The summed E-state index contributed by atoms with van der Waals surface area (Å²) in [5, 5.41) is 10.6. The van der Waals surface area contributed by atoms with Crippen LogP contribution in [0.25, 0.3) is 0 Å². The van der Waals surface area contributed by atoms with Crippen molar-refractivity contribution in [2.75, 3.05) is 6.54 Å². The van der Waals surface area contributed by atoms with Crippen LogP contribution in [0, 0.1) is 0 Å². The highest BCUT2D eigenvalue weighted by atomic mass is 16.4. The van der Waals surface area contributed by atoms with Gasteiger partial charge in [-0.05, 0) is 37.1 Å². The van der Waals surface area contributed by atoms with Crippen LogP contribution in [-0.2, 0) is 0 Å². The molecule has 25 heavy (non-hydrogen) atoms. The van der Waals surface area contributed by atoms with Gasteiger partial charge >= 0.3 is 5.97 Å². The van der Waals surface area contributed by atoms with Crippen molar-refractivity contribution in [3.05, 3.63) is 71.3 Å². The highest BCUT2D eigenvalue weighted by Crippen LogP contribution is 2.20. The molecule has 6 heteroatoms. The molecule has 0 saturated carbocycles. The standard InChI is InChI=1S/C19H18N2O4/c22-17(13-5-2-1-3-6-13)16-7-4-12-21(16)20-18(23)14-8-10-15(11-9-14)19(24)25/h1-3,5-6,8-11,16H,4,7,12H2,(H,20,23)(H,24,25)/t16-/m0/s1. The number of hydrogen-bond acceptors (Lipinski definition) is 4. The average Bonchev–Trinajstić information content (AvgIpc) is 3.10. The van der Waals surface area contributed by atoms with E-state index in [0.29, 0.717) is 24.1 Å². The van der Waals surface area contributed by atoms with Gasteiger partial charge in [0.25, 0.3) is 5.91 Å². The third-order valence-electron chi connectivity index (χ3n) is 4.25. The van der Waals surface area contributed by atoms with Crippen LogP contribution in [0.15, 0.2) is 54.6 Å². The first-order chi connectivity index (χ1) is 12.1. The fourth-order valence-electron chi connectivity index (χ4n) is 2.93. The number of carboxylic acid groups (broad SMARTS) is 1. The molecule has 1 atom stereocenters. The van der Waals surface area contributed by atoms with Crippen LogP contribution in [0.2, 0.25) is 0 Å². The maximum Gasteiger partial charge on any atom is 0.335 e. The van der Waals surface area contributed by atoms with Crippen LogP contribution in [0.5, 0.6) is 0 Å². The number of nitrogens with one attached hydrogen (secondary N) is 1. The van der Waals surface area contributed by atoms with E-state index >= 15 is 0 Å². The Balaban J connectivity index is 1.69. The Hall–Kier alpha value is -2.99. The number of hydrogen-bond donors (Lipinski definition) is 2. The fourth-order valence-corrected chi connectivity index (χ4v) is 2.93. The molecule has 6 nitrogen and oxygen atoms in total. The number of aromatic carboxylic acids is 1. The molecule has 1 aliphatic rings. The van der Waals surface area contributed by atoms with Crippen molar-refractivity contribution in [3.63, 3.8) is 0 Å². The smallest absolute Gasteiger partial charge is 0.335 e. The van der Waals surface area contributed by atoms with Gasteiger partial charge in [0.1, 0.15) is 0 Å². The number of nitrogens with zero attached hydrogens (tertiary/aromatic N) is 1. The van der Waals surface area contributed by atoms with Crippen molar-refractivity contribution >= 4 is 17.7 Å². The summed E-state index contributed by atoms with van der Waals surface area (Å²) < 4.78 is 0. The van der Waals surface area contributed by atoms with Gasteiger partial charge in [-0.2, -0.15) is 0 Å². The number of carbonyl (C=O) groups is 3. The molecule has 0 unspecified atom stereocenters. The zero-order chi connectivity index (χ0) is 17.8. The van der Waals surface area contributed by atoms with Crippen LogP contribution in [-0.4, -0.2) is 40.4 Å². The first-order valence-corrected chi connectivity index (χ1v) is 8.06. The van der Waals surface area contributed by atoms with Gasteiger partial charge in [-0.25, -0.2) is 9.80 Å². The van der Waals surface area contributed by atoms with Gasteiger partial charge in [-0.1, -0.05) is 30.3 Å². The first-order valence-electron chi connectivity index (χ1n) is 8.06. The van der Waals surface area contributed by atoms with Crippen molar-refractivity contribution in [2.24, 2.45) is 0 Å².